The van der Waals surface area contributed by atoms with Crippen LogP contribution in [0.5, 0.6) is 0 Å². The molecule has 96 valence electrons. The third-order valence-electron chi connectivity index (χ3n) is 2.73. The lowest BCUT2D eigenvalue weighted by Crippen LogP contribution is -2.07. The van der Waals surface area contributed by atoms with E-state index in [-0.39, 0.29) is 0 Å². The third-order valence-corrected chi connectivity index (χ3v) is 2.96. The molecule has 1 N–H and O–H groups in total. The van der Waals surface area contributed by atoms with Crippen LogP contribution in [0.3, 0.4) is 0 Å². The molecule has 0 saturated carbocycles. The van der Waals surface area contributed by atoms with Gasteiger partial charge >= 0.3 is 0 Å². The molecule has 0 aliphatic rings. The van der Waals surface area contributed by atoms with Crippen LogP contribution in [0.2, 0.25) is 5.02 Å². The lowest BCUT2D eigenvalue weighted by atomic mass is 10.3. The van der Waals surface area contributed by atoms with E-state index in [2.05, 4.69) is 17.2 Å². The lowest BCUT2D eigenvalue weighted by Gasteiger charge is -2.09. The molecule has 4 heteroatoms. The van der Waals surface area contributed by atoms with Gasteiger partial charge in [0.25, 0.3) is 0 Å². The molecule has 0 saturated heterocycles. The fraction of sp³-hybridized carbons (Fsp3) is 0.357. The minimum Gasteiger partial charge on any atom is -0.355 e. The van der Waals surface area contributed by atoms with Crippen molar-refractivity contribution in [2.24, 2.45) is 0 Å². The maximum Gasteiger partial charge on any atom is 0.207 e. The number of halogens is 1. The summed E-state index contributed by atoms with van der Waals surface area (Å²) in [6.07, 6.45) is 4.32. The smallest absolute Gasteiger partial charge is 0.207 e. The molecule has 0 amide bonds. The summed E-state index contributed by atoms with van der Waals surface area (Å²) in [6.45, 7) is 5.11. The summed E-state index contributed by atoms with van der Waals surface area (Å²) in [7, 11) is 0. The largest absolute Gasteiger partial charge is 0.355 e. The Labute approximate surface area is 113 Å². The van der Waals surface area contributed by atoms with Crippen LogP contribution in [0.1, 0.15) is 25.5 Å². The fourth-order valence-corrected chi connectivity index (χ4v) is 2.01. The zero-order valence-electron chi connectivity index (χ0n) is 10.8. The summed E-state index contributed by atoms with van der Waals surface area (Å²) in [5.74, 6) is 0.878. The normalized spacial score (nSPS) is 10.6. The minimum atomic E-state index is 0.735. The summed E-state index contributed by atoms with van der Waals surface area (Å²) in [5, 5.41) is 4.10. The second-order valence-corrected chi connectivity index (χ2v) is 4.77. The van der Waals surface area contributed by atoms with Gasteiger partial charge in [0.05, 0.1) is 5.69 Å². The van der Waals surface area contributed by atoms with E-state index in [1.54, 1.807) is 0 Å². The number of aromatic nitrogens is 2. The Kier molecular flexibility index (Phi) is 4.26. The number of hydrogen-bond donors (Lipinski definition) is 1. The predicted molar refractivity (Wildman–Crippen MR) is 76.7 cm³/mol. The van der Waals surface area contributed by atoms with Crippen molar-refractivity contribution in [2.75, 3.05) is 11.9 Å². The first-order chi connectivity index (χ1) is 8.70. The van der Waals surface area contributed by atoms with Crippen LogP contribution in [0.25, 0.3) is 5.69 Å². The molecule has 0 atom stereocenters. The van der Waals surface area contributed by atoms with E-state index in [0.29, 0.717) is 0 Å². The Hall–Kier alpha value is -1.48. The van der Waals surface area contributed by atoms with Crippen LogP contribution in [0.4, 0.5) is 5.95 Å². The number of rotatable bonds is 5. The highest BCUT2D eigenvalue weighted by Crippen LogP contribution is 2.19. The van der Waals surface area contributed by atoms with E-state index < -0.39 is 0 Å². The highest BCUT2D eigenvalue weighted by atomic mass is 35.5. The third kappa shape index (κ3) is 3.05. The number of aryl methyl sites for hydroxylation is 1. The van der Waals surface area contributed by atoms with Crippen LogP contribution in [0.15, 0.2) is 30.5 Å². The number of nitrogens with one attached hydrogen (secondary N) is 1. The predicted octanol–water partition coefficient (Wildman–Crippen LogP) is 4.05. The maximum absolute atomic E-state index is 6.03. The topological polar surface area (TPSA) is 29.9 Å². The van der Waals surface area contributed by atoms with Crippen molar-refractivity contribution in [3.05, 3.63) is 41.2 Å². The lowest BCUT2D eigenvalue weighted by molar-refractivity contribution is 0.823. The first-order valence-electron chi connectivity index (χ1n) is 6.26. The van der Waals surface area contributed by atoms with Gasteiger partial charge < -0.3 is 5.32 Å². The highest BCUT2D eigenvalue weighted by molar-refractivity contribution is 6.30. The van der Waals surface area contributed by atoms with Crippen molar-refractivity contribution >= 4 is 17.5 Å². The van der Waals surface area contributed by atoms with Crippen molar-refractivity contribution < 1.29 is 0 Å². The Bertz CT molecular complexity index is 520. The molecule has 18 heavy (non-hydrogen) atoms. The van der Waals surface area contributed by atoms with Crippen molar-refractivity contribution in [1.82, 2.24) is 9.55 Å². The van der Waals surface area contributed by atoms with Gasteiger partial charge in [0.15, 0.2) is 0 Å². The average molecular weight is 264 g/mol. The number of unbranched alkanes of at least 4 members (excludes halogenated alkanes) is 1. The molecule has 0 aliphatic heterocycles. The van der Waals surface area contributed by atoms with E-state index in [1.807, 2.05) is 42.0 Å². The molecule has 1 aromatic carbocycles. The average Bonchev–Trinajstić information content (AvgIpc) is 2.71. The van der Waals surface area contributed by atoms with Crippen LogP contribution < -0.4 is 5.32 Å². The Balaban J connectivity index is 2.26. The molecule has 0 spiro atoms. The molecule has 3 nitrogen and oxygen atoms in total. The summed E-state index contributed by atoms with van der Waals surface area (Å²) >= 11 is 6.03. The molecule has 0 fully saturated rings. The van der Waals surface area contributed by atoms with Crippen molar-refractivity contribution in [2.45, 2.75) is 26.7 Å². The number of benzene rings is 1. The number of nitrogens with zero attached hydrogens (tertiary/aromatic N) is 2. The van der Waals surface area contributed by atoms with Gasteiger partial charge in [-0.05, 0) is 31.5 Å². The zero-order chi connectivity index (χ0) is 13.0. The SMILES string of the molecule is CCCCNc1nc(C)cn1-c1cccc(Cl)c1. The fourth-order valence-electron chi connectivity index (χ4n) is 1.82. The van der Waals surface area contributed by atoms with Gasteiger partial charge in [-0.1, -0.05) is 31.0 Å². The van der Waals surface area contributed by atoms with Gasteiger partial charge in [-0.2, -0.15) is 0 Å². The van der Waals surface area contributed by atoms with Crippen molar-refractivity contribution in [3.63, 3.8) is 0 Å². The molecule has 0 bridgehead atoms. The van der Waals surface area contributed by atoms with Gasteiger partial charge in [0.2, 0.25) is 5.95 Å². The Morgan fingerprint density at radius 3 is 2.94 bits per heavy atom. The van der Waals surface area contributed by atoms with E-state index in [0.717, 1.165) is 35.3 Å². The molecule has 0 radical (unpaired) electrons. The van der Waals surface area contributed by atoms with E-state index in [9.17, 15) is 0 Å². The molecule has 2 aromatic rings. The molecule has 0 aliphatic carbocycles. The maximum atomic E-state index is 6.03. The summed E-state index contributed by atoms with van der Waals surface area (Å²) in [5.41, 5.74) is 2.02. The van der Waals surface area contributed by atoms with Gasteiger partial charge in [-0.3, -0.25) is 4.57 Å². The quantitative estimate of drug-likeness (QED) is 0.825. The Morgan fingerprint density at radius 1 is 1.39 bits per heavy atom. The first kappa shape index (κ1) is 13.0. The second kappa shape index (κ2) is 5.91. The summed E-state index contributed by atoms with van der Waals surface area (Å²) in [6, 6.07) is 7.79. The number of hydrogen-bond acceptors (Lipinski definition) is 2. The summed E-state index contributed by atoms with van der Waals surface area (Å²) in [4.78, 5) is 4.50. The van der Waals surface area contributed by atoms with Crippen LogP contribution in [-0.2, 0) is 0 Å². The van der Waals surface area contributed by atoms with E-state index in [1.165, 1.54) is 6.42 Å². The molecule has 1 heterocycles. The van der Waals surface area contributed by atoms with Crippen LogP contribution in [0, 0.1) is 6.92 Å². The van der Waals surface area contributed by atoms with Crippen molar-refractivity contribution in [3.8, 4) is 5.69 Å². The number of imidazole rings is 1. The zero-order valence-corrected chi connectivity index (χ0v) is 11.5. The highest BCUT2D eigenvalue weighted by Gasteiger charge is 2.07. The van der Waals surface area contributed by atoms with Gasteiger partial charge in [0, 0.05) is 23.5 Å². The summed E-state index contributed by atoms with van der Waals surface area (Å²) < 4.78 is 2.04. The molecule has 2 rings (SSSR count). The van der Waals surface area contributed by atoms with Crippen LogP contribution >= 0.6 is 11.6 Å². The number of anilines is 1. The van der Waals surface area contributed by atoms with Crippen LogP contribution in [-0.4, -0.2) is 16.1 Å². The van der Waals surface area contributed by atoms with Gasteiger partial charge in [-0.15, -0.1) is 0 Å². The van der Waals surface area contributed by atoms with Gasteiger partial charge in [-0.25, -0.2) is 4.98 Å². The first-order valence-corrected chi connectivity index (χ1v) is 6.64. The minimum absolute atomic E-state index is 0.735. The van der Waals surface area contributed by atoms with E-state index >= 15 is 0 Å². The standard InChI is InChI=1S/C14H18ClN3/c1-3-4-8-16-14-17-11(2)10-18(14)13-7-5-6-12(15)9-13/h5-7,9-10H,3-4,8H2,1-2H3,(H,16,17). The molecular weight excluding hydrogens is 246 g/mol. The van der Waals surface area contributed by atoms with Crippen molar-refractivity contribution in [1.29, 1.82) is 0 Å². The van der Waals surface area contributed by atoms with Gasteiger partial charge in [0.1, 0.15) is 0 Å². The second-order valence-electron chi connectivity index (χ2n) is 4.34. The molecule has 1 aromatic heterocycles. The van der Waals surface area contributed by atoms with E-state index in [4.69, 9.17) is 11.6 Å². The molecular formula is C14H18ClN3. The monoisotopic (exact) mass is 263 g/mol. The Morgan fingerprint density at radius 2 is 2.22 bits per heavy atom. The molecule has 0 unspecified atom stereocenters.